The Morgan fingerprint density at radius 2 is 1.81 bits per heavy atom. The van der Waals surface area contributed by atoms with Crippen molar-refractivity contribution in [1.29, 1.82) is 0 Å². The molecule has 5 rings (SSSR count). The van der Waals surface area contributed by atoms with Crippen LogP contribution in [0.25, 0.3) is 5.69 Å². The molecule has 1 saturated heterocycles. The number of hydrogen-bond donors (Lipinski definition) is 1. The number of alkyl halides is 3. The topological polar surface area (TPSA) is 62.5 Å². The Morgan fingerprint density at radius 1 is 1.08 bits per heavy atom. The molecule has 1 atom stereocenters. The zero-order valence-electron chi connectivity index (χ0n) is 19.3. The van der Waals surface area contributed by atoms with Crippen molar-refractivity contribution in [2.45, 2.75) is 38.3 Å². The lowest BCUT2D eigenvalue weighted by molar-refractivity contribution is -0.139. The summed E-state index contributed by atoms with van der Waals surface area (Å²) >= 11 is 6.26. The average molecular weight is 517 g/mol. The molecule has 0 bridgehead atoms. The predicted octanol–water partition coefficient (Wildman–Crippen LogP) is 5.78. The lowest BCUT2D eigenvalue weighted by Crippen LogP contribution is -2.46. The number of rotatable bonds is 5. The maximum Gasteiger partial charge on any atom is 0.416 e. The van der Waals surface area contributed by atoms with Gasteiger partial charge in [0.15, 0.2) is 0 Å². The van der Waals surface area contributed by atoms with Crippen molar-refractivity contribution < 1.29 is 27.9 Å². The molecule has 1 unspecified atom stereocenters. The van der Waals surface area contributed by atoms with Crippen LogP contribution in [0.1, 0.15) is 51.1 Å². The van der Waals surface area contributed by atoms with Gasteiger partial charge in [-0.3, -0.25) is 4.79 Å². The fraction of sp³-hybridized carbons (Fsp3) is 0.333. The summed E-state index contributed by atoms with van der Waals surface area (Å²) < 4.78 is 43.3. The first-order chi connectivity index (χ1) is 17.1. The Morgan fingerprint density at radius 3 is 2.42 bits per heavy atom. The van der Waals surface area contributed by atoms with Crippen molar-refractivity contribution >= 4 is 23.5 Å². The number of fused-ring (bicyclic) bond motifs is 1. The molecular formula is C27H24ClF3N2O3. The van der Waals surface area contributed by atoms with Crippen molar-refractivity contribution in [3.05, 3.63) is 87.2 Å². The SMILES string of the molecule is O=C(O)c1ccc(-n2cc(Cc3c(Cl)cccc3C(F)(F)F)c3c2CCC(C(=O)N2CCC2)C3)cc1. The van der Waals surface area contributed by atoms with Gasteiger partial charge in [0.2, 0.25) is 5.91 Å². The number of carbonyl (C=O) groups excluding carboxylic acids is 1. The van der Waals surface area contributed by atoms with Gasteiger partial charge in [-0.2, -0.15) is 13.2 Å². The number of hydrogen-bond acceptors (Lipinski definition) is 2. The van der Waals surface area contributed by atoms with Crippen LogP contribution in [0.15, 0.2) is 48.7 Å². The first-order valence-corrected chi connectivity index (χ1v) is 12.2. The monoisotopic (exact) mass is 516 g/mol. The molecule has 9 heteroatoms. The lowest BCUT2D eigenvalue weighted by Gasteiger charge is -2.35. The molecule has 0 radical (unpaired) electrons. The minimum absolute atomic E-state index is 0.00374. The van der Waals surface area contributed by atoms with Crippen LogP contribution in [-0.4, -0.2) is 39.5 Å². The molecule has 1 aliphatic carbocycles. The van der Waals surface area contributed by atoms with E-state index in [1.807, 2.05) is 9.47 Å². The van der Waals surface area contributed by atoms with Crippen molar-refractivity contribution in [3.63, 3.8) is 0 Å². The van der Waals surface area contributed by atoms with E-state index in [-0.39, 0.29) is 34.4 Å². The second-order valence-corrected chi connectivity index (χ2v) is 9.77. The van der Waals surface area contributed by atoms with Gasteiger partial charge in [0.1, 0.15) is 0 Å². The smallest absolute Gasteiger partial charge is 0.416 e. The Bertz CT molecular complexity index is 1330. The summed E-state index contributed by atoms with van der Waals surface area (Å²) in [7, 11) is 0. The van der Waals surface area contributed by atoms with Gasteiger partial charge in [0.05, 0.1) is 11.1 Å². The molecule has 0 spiro atoms. The van der Waals surface area contributed by atoms with E-state index in [9.17, 15) is 27.9 Å². The summed E-state index contributed by atoms with van der Waals surface area (Å²) in [5.74, 6) is -1.15. The molecule has 2 heterocycles. The van der Waals surface area contributed by atoms with E-state index in [1.165, 1.54) is 24.3 Å². The van der Waals surface area contributed by atoms with Crippen LogP contribution in [-0.2, 0) is 30.2 Å². The van der Waals surface area contributed by atoms with Crippen LogP contribution in [0.4, 0.5) is 13.2 Å². The largest absolute Gasteiger partial charge is 0.478 e. The molecule has 2 aliphatic rings. The highest BCUT2D eigenvalue weighted by Crippen LogP contribution is 2.39. The molecule has 3 aromatic rings. The van der Waals surface area contributed by atoms with Crippen molar-refractivity contribution in [3.8, 4) is 5.69 Å². The summed E-state index contributed by atoms with van der Waals surface area (Å²) in [5, 5.41) is 9.27. The number of likely N-dealkylation sites (tertiary alicyclic amines) is 1. The third-order valence-corrected chi connectivity index (χ3v) is 7.55. The van der Waals surface area contributed by atoms with E-state index >= 15 is 0 Å². The van der Waals surface area contributed by atoms with Crippen molar-refractivity contribution in [1.82, 2.24) is 9.47 Å². The molecule has 1 N–H and O–H groups in total. The van der Waals surface area contributed by atoms with Crippen LogP contribution in [0.2, 0.25) is 5.02 Å². The van der Waals surface area contributed by atoms with Crippen molar-refractivity contribution in [2.24, 2.45) is 5.92 Å². The molecule has 36 heavy (non-hydrogen) atoms. The number of benzene rings is 2. The van der Waals surface area contributed by atoms with E-state index in [1.54, 1.807) is 18.3 Å². The first-order valence-electron chi connectivity index (χ1n) is 11.8. The first kappa shape index (κ1) is 24.4. The lowest BCUT2D eigenvalue weighted by atomic mass is 9.83. The molecule has 1 amide bonds. The zero-order valence-corrected chi connectivity index (χ0v) is 20.1. The summed E-state index contributed by atoms with van der Waals surface area (Å²) in [6.07, 6.45) is -0.0855. The number of carboxylic acids is 1. The highest BCUT2D eigenvalue weighted by molar-refractivity contribution is 6.31. The number of amides is 1. The van der Waals surface area contributed by atoms with E-state index in [2.05, 4.69) is 0 Å². The zero-order chi connectivity index (χ0) is 25.6. The van der Waals surface area contributed by atoms with E-state index in [0.29, 0.717) is 30.5 Å². The van der Waals surface area contributed by atoms with Gasteiger partial charge in [0, 0.05) is 48.0 Å². The van der Waals surface area contributed by atoms with Crippen molar-refractivity contribution in [2.75, 3.05) is 13.1 Å². The number of nitrogens with zero attached hydrogens (tertiary/aromatic N) is 2. The highest BCUT2D eigenvalue weighted by Gasteiger charge is 2.36. The maximum atomic E-state index is 13.8. The van der Waals surface area contributed by atoms with Crippen LogP contribution in [0.3, 0.4) is 0 Å². The van der Waals surface area contributed by atoms with Gasteiger partial charge in [-0.15, -0.1) is 0 Å². The summed E-state index contributed by atoms with van der Waals surface area (Å²) in [5.41, 5.74) is 2.58. The number of carbonyl (C=O) groups is 2. The number of carboxylic acid groups (broad SMARTS) is 1. The Kier molecular flexibility index (Phi) is 6.32. The van der Waals surface area contributed by atoms with Gasteiger partial charge in [-0.1, -0.05) is 17.7 Å². The number of aromatic carboxylic acids is 1. The second-order valence-electron chi connectivity index (χ2n) is 9.36. The molecule has 1 aliphatic heterocycles. The third kappa shape index (κ3) is 4.50. The third-order valence-electron chi connectivity index (χ3n) is 7.19. The summed E-state index contributed by atoms with van der Waals surface area (Å²) in [6.45, 7) is 1.50. The normalized spacial score (nSPS) is 17.4. The standard InChI is InChI=1S/C27H24ClF3N2O3/c28-23-4-1-3-22(27(29,30)31)21(23)14-18-15-33(19-8-5-16(6-9-19)26(35)36)24-10-7-17(13-20(18)24)25(34)32-11-2-12-32/h1,3-6,8-9,15,17H,2,7,10-14H2,(H,35,36). The predicted molar refractivity (Wildman–Crippen MR) is 129 cm³/mol. The number of aromatic nitrogens is 1. The minimum Gasteiger partial charge on any atom is -0.478 e. The van der Waals surface area contributed by atoms with E-state index in [4.69, 9.17) is 11.6 Å². The molecule has 2 aromatic carbocycles. The minimum atomic E-state index is -4.55. The fourth-order valence-corrected chi connectivity index (χ4v) is 5.41. The van der Waals surface area contributed by atoms with Crippen LogP contribution in [0.5, 0.6) is 0 Å². The van der Waals surface area contributed by atoms with Gasteiger partial charge in [0.25, 0.3) is 0 Å². The van der Waals surface area contributed by atoms with E-state index in [0.717, 1.165) is 36.8 Å². The molecular weight excluding hydrogens is 493 g/mol. The summed E-state index contributed by atoms with van der Waals surface area (Å²) in [4.78, 5) is 26.1. The van der Waals surface area contributed by atoms with Gasteiger partial charge in [-0.25, -0.2) is 4.79 Å². The Labute approximate surface area is 211 Å². The molecule has 1 aromatic heterocycles. The average Bonchev–Trinajstić information content (AvgIpc) is 3.16. The second kappa shape index (κ2) is 9.32. The molecule has 188 valence electrons. The quantitative estimate of drug-likeness (QED) is 0.468. The molecule has 0 saturated carbocycles. The molecule has 1 fully saturated rings. The van der Waals surface area contributed by atoms with Crippen LogP contribution >= 0.6 is 11.6 Å². The molecule has 5 nitrogen and oxygen atoms in total. The summed E-state index contributed by atoms with van der Waals surface area (Å²) in [6, 6.07) is 10.1. The Hall–Kier alpha value is -3.26. The number of halogens is 4. The van der Waals surface area contributed by atoms with Gasteiger partial charge in [-0.05, 0) is 78.8 Å². The Balaban J connectivity index is 1.57. The maximum absolute atomic E-state index is 13.8. The fourth-order valence-electron chi connectivity index (χ4n) is 5.17. The highest BCUT2D eigenvalue weighted by atomic mass is 35.5. The van der Waals surface area contributed by atoms with Gasteiger partial charge < -0.3 is 14.6 Å². The van der Waals surface area contributed by atoms with Crippen LogP contribution < -0.4 is 0 Å². The van der Waals surface area contributed by atoms with E-state index < -0.39 is 17.7 Å². The van der Waals surface area contributed by atoms with Gasteiger partial charge >= 0.3 is 12.1 Å². The van der Waals surface area contributed by atoms with Crippen LogP contribution in [0, 0.1) is 5.92 Å².